The third-order valence-electron chi connectivity index (χ3n) is 3.14. The minimum atomic E-state index is -0.180. The molecule has 0 atom stereocenters. The zero-order valence-corrected chi connectivity index (χ0v) is 12.7. The second-order valence-electron chi connectivity index (χ2n) is 4.61. The van der Waals surface area contributed by atoms with Gasteiger partial charge in [0.25, 0.3) is 0 Å². The number of fused-ring (bicyclic) bond motifs is 1. The predicted octanol–water partition coefficient (Wildman–Crippen LogP) is 5.97. The van der Waals surface area contributed by atoms with Crippen molar-refractivity contribution >= 4 is 45.3 Å². The monoisotopic (exact) mass is 332 g/mol. The van der Waals surface area contributed by atoms with Gasteiger partial charge in [-0.1, -0.05) is 53.5 Å². The molecule has 0 bridgehead atoms. The molecule has 0 aliphatic heterocycles. The Kier molecular flexibility index (Phi) is 3.88. The third kappa shape index (κ3) is 2.71. The number of aromatic hydroxyl groups is 2. The average molecular weight is 333 g/mol. The number of hydrogen-bond acceptors (Lipinski definition) is 4. The topological polar surface area (TPSA) is 65.2 Å². The maximum absolute atomic E-state index is 10.00. The number of azo groups is 1. The normalized spacial score (nSPS) is 11.4. The smallest absolute Gasteiger partial charge is 0.146 e. The van der Waals surface area contributed by atoms with Crippen molar-refractivity contribution in [2.24, 2.45) is 10.2 Å². The van der Waals surface area contributed by atoms with Gasteiger partial charge in [-0.3, -0.25) is 0 Å². The van der Waals surface area contributed by atoms with Crippen molar-refractivity contribution < 1.29 is 10.2 Å². The first-order valence-electron chi connectivity index (χ1n) is 6.37. The summed E-state index contributed by atoms with van der Waals surface area (Å²) in [6, 6.07) is 13.6. The molecule has 0 saturated heterocycles. The van der Waals surface area contributed by atoms with Gasteiger partial charge in [-0.05, 0) is 17.5 Å². The molecule has 0 aliphatic carbocycles. The fourth-order valence-electron chi connectivity index (χ4n) is 2.10. The van der Waals surface area contributed by atoms with Crippen LogP contribution in [0.2, 0.25) is 10.0 Å². The molecule has 2 N–H and O–H groups in total. The molecule has 3 aromatic carbocycles. The molecule has 4 nitrogen and oxygen atoms in total. The number of benzene rings is 3. The summed E-state index contributed by atoms with van der Waals surface area (Å²) in [7, 11) is 0. The van der Waals surface area contributed by atoms with Gasteiger partial charge in [-0.15, -0.1) is 10.2 Å². The molecule has 3 rings (SSSR count). The first-order valence-corrected chi connectivity index (χ1v) is 7.12. The van der Waals surface area contributed by atoms with Crippen molar-refractivity contribution in [3.8, 4) is 11.5 Å². The van der Waals surface area contributed by atoms with E-state index in [4.69, 9.17) is 23.2 Å². The molecule has 0 heterocycles. The summed E-state index contributed by atoms with van der Waals surface area (Å²) in [6.45, 7) is 0. The van der Waals surface area contributed by atoms with Crippen LogP contribution in [0.3, 0.4) is 0 Å². The summed E-state index contributed by atoms with van der Waals surface area (Å²) in [5.41, 5.74) is 0.405. The van der Waals surface area contributed by atoms with Crippen LogP contribution in [-0.4, -0.2) is 10.2 Å². The van der Waals surface area contributed by atoms with E-state index in [1.807, 2.05) is 24.3 Å². The molecular formula is C16H10Cl2N2O2. The molecule has 0 spiro atoms. The van der Waals surface area contributed by atoms with Crippen LogP contribution in [0.4, 0.5) is 11.4 Å². The van der Waals surface area contributed by atoms with E-state index in [1.165, 1.54) is 12.1 Å². The SMILES string of the molecule is Oc1cc(Cl)cc(Cl)c1/N=N/c1c(O)ccc2ccccc12. The summed E-state index contributed by atoms with van der Waals surface area (Å²) < 4.78 is 0. The van der Waals surface area contributed by atoms with Crippen LogP contribution in [0, 0.1) is 0 Å². The van der Waals surface area contributed by atoms with E-state index >= 15 is 0 Å². The van der Waals surface area contributed by atoms with Crippen molar-refractivity contribution in [3.63, 3.8) is 0 Å². The highest BCUT2D eigenvalue weighted by atomic mass is 35.5. The molecular weight excluding hydrogens is 323 g/mol. The number of phenolic OH excluding ortho intramolecular Hbond substituents is 2. The fraction of sp³-hybridized carbons (Fsp3) is 0. The predicted molar refractivity (Wildman–Crippen MR) is 87.9 cm³/mol. The molecule has 0 amide bonds. The van der Waals surface area contributed by atoms with Gasteiger partial charge in [-0.25, -0.2) is 0 Å². The van der Waals surface area contributed by atoms with E-state index < -0.39 is 0 Å². The van der Waals surface area contributed by atoms with E-state index in [2.05, 4.69) is 10.2 Å². The number of halogens is 2. The summed E-state index contributed by atoms with van der Waals surface area (Å²) in [5, 5.41) is 30.0. The molecule has 0 aliphatic rings. The lowest BCUT2D eigenvalue weighted by atomic mass is 10.1. The number of nitrogens with zero attached hydrogens (tertiary/aromatic N) is 2. The third-order valence-corrected chi connectivity index (χ3v) is 3.64. The molecule has 0 unspecified atom stereocenters. The minimum Gasteiger partial charge on any atom is -0.506 e. The highest BCUT2D eigenvalue weighted by Gasteiger charge is 2.10. The number of rotatable bonds is 2. The van der Waals surface area contributed by atoms with Gasteiger partial charge in [0, 0.05) is 16.5 Å². The van der Waals surface area contributed by atoms with E-state index in [0.717, 1.165) is 10.8 Å². The Labute approximate surface area is 136 Å². The molecule has 0 fully saturated rings. The van der Waals surface area contributed by atoms with E-state index in [-0.39, 0.29) is 22.2 Å². The van der Waals surface area contributed by atoms with E-state index in [1.54, 1.807) is 12.1 Å². The Morgan fingerprint density at radius 1 is 0.773 bits per heavy atom. The van der Waals surface area contributed by atoms with Gasteiger partial charge < -0.3 is 10.2 Å². The summed E-state index contributed by atoms with van der Waals surface area (Å²) in [5.74, 6) is -0.187. The summed E-state index contributed by atoms with van der Waals surface area (Å²) in [4.78, 5) is 0. The van der Waals surface area contributed by atoms with Gasteiger partial charge in [0.1, 0.15) is 22.9 Å². The van der Waals surface area contributed by atoms with Crippen molar-refractivity contribution in [2.45, 2.75) is 0 Å². The second kappa shape index (κ2) is 5.83. The van der Waals surface area contributed by atoms with Crippen LogP contribution in [0.5, 0.6) is 11.5 Å². The van der Waals surface area contributed by atoms with Crippen molar-refractivity contribution in [3.05, 3.63) is 58.6 Å². The zero-order valence-electron chi connectivity index (χ0n) is 11.2. The van der Waals surface area contributed by atoms with Crippen LogP contribution < -0.4 is 0 Å². The molecule has 0 aromatic heterocycles. The van der Waals surface area contributed by atoms with Gasteiger partial charge >= 0.3 is 0 Å². The lowest BCUT2D eigenvalue weighted by Crippen LogP contribution is -1.76. The van der Waals surface area contributed by atoms with Crippen LogP contribution in [-0.2, 0) is 0 Å². The number of hydrogen-bond donors (Lipinski definition) is 2. The first-order chi connectivity index (χ1) is 10.6. The Bertz CT molecular complexity index is 871. The van der Waals surface area contributed by atoms with E-state index in [9.17, 15) is 10.2 Å². The average Bonchev–Trinajstić information content (AvgIpc) is 2.48. The van der Waals surface area contributed by atoms with Gasteiger partial charge in [0.2, 0.25) is 0 Å². The quantitative estimate of drug-likeness (QED) is 0.567. The van der Waals surface area contributed by atoms with E-state index in [0.29, 0.717) is 10.7 Å². The highest BCUT2D eigenvalue weighted by Crippen LogP contribution is 2.40. The highest BCUT2D eigenvalue weighted by molar-refractivity contribution is 6.36. The van der Waals surface area contributed by atoms with Gasteiger partial charge in [0.05, 0.1) is 5.02 Å². The molecule has 110 valence electrons. The Hall–Kier alpha value is -2.30. The summed E-state index contributed by atoms with van der Waals surface area (Å²) in [6.07, 6.45) is 0. The first kappa shape index (κ1) is 14.6. The lowest BCUT2D eigenvalue weighted by Gasteiger charge is -2.05. The standard InChI is InChI=1S/C16H10Cl2N2O2/c17-10-7-12(18)16(14(22)8-10)20-19-15-11-4-2-1-3-9(11)5-6-13(15)21/h1-8,21-22H/b20-19+. The minimum absolute atomic E-state index is 0.00738. The second-order valence-corrected chi connectivity index (χ2v) is 5.45. The van der Waals surface area contributed by atoms with Crippen LogP contribution in [0.25, 0.3) is 10.8 Å². The van der Waals surface area contributed by atoms with Crippen LogP contribution >= 0.6 is 23.2 Å². The molecule has 0 radical (unpaired) electrons. The molecule has 6 heteroatoms. The van der Waals surface area contributed by atoms with Crippen LogP contribution in [0.1, 0.15) is 0 Å². The Balaban J connectivity index is 2.13. The molecule has 0 saturated carbocycles. The zero-order chi connectivity index (χ0) is 15.7. The largest absolute Gasteiger partial charge is 0.506 e. The maximum Gasteiger partial charge on any atom is 0.146 e. The van der Waals surface area contributed by atoms with Gasteiger partial charge in [-0.2, -0.15) is 0 Å². The Morgan fingerprint density at radius 3 is 2.27 bits per heavy atom. The summed E-state index contributed by atoms with van der Waals surface area (Å²) >= 11 is 11.8. The molecule has 3 aromatic rings. The number of phenols is 2. The fourth-order valence-corrected chi connectivity index (χ4v) is 2.62. The Morgan fingerprint density at radius 2 is 1.50 bits per heavy atom. The maximum atomic E-state index is 10.00. The van der Waals surface area contributed by atoms with Crippen molar-refractivity contribution in [1.82, 2.24) is 0 Å². The van der Waals surface area contributed by atoms with Crippen LogP contribution in [0.15, 0.2) is 58.8 Å². The van der Waals surface area contributed by atoms with Gasteiger partial charge in [0.15, 0.2) is 0 Å². The van der Waals surface area contributed by atoms with Crippen molar-refractivity contribution in [1.29, 1.82) is 0 Å². The van der Waals surface area contributed by atoms with Crippen molar-refractivity contribution in [2.75, 3.05) is 0 Å². The lowest BCUT2D eigenvalue weighted by molar-refractivity contribution is 0.474. The molecule has 22 heavy (non-hydrogen) atoms.